The molecule has 3 heterocycles. The molecule has 1 fully saturated rings. The summed E-state index contributed by atoms with van der Waals surface area (Å²) in [7, 11) is 0. The third kappa shape index (κ3) is 3.38. The van der Waals surface area contributed by atoms with E-state index in [1.165, 1.54) is 0 Å². The van der Waals surface area contributed by atoms with Crippen molar-refractivity contribution in [3.63, 3.8) is 0 Å². The highest BCUT2D eigenvalue weighted by molar-refractivity contribution is 8.00. The SMILES string of the molecule is CSc1sc2ncccc2c1C(O)C1CN(C(=O)OC(C)(C)C)C1. The number of fused-ring (bicyclic) bond motifs is 1. The Balaban J connectivity index is 1.73. The average molecular weight is 367 g/mol. The maximum absolute atomic E-state index is 12.0. The van der Waals surface area contributed by atoms with E-state index in [1.807, 2.05) is 39.2 Å². The number of rotatable bonds is 3. The zero-order chi connectivity index (χ0) is 17.5. The van der Waals surface area contributed by atoms with Crippen LogP contribution in [0.2, 0.25) is 0 Å². The second-order valence-electron chi connectivity index (χ2n) is 6.95. The van der Waals surface area contributed by atoms with Crippen LogP contribution in [0.5, 0.6) is 0 Å². The predicted molar refractivity (Wildman–Crippen MR) is 97.7 cm³/mol. The van der Waals surface area contributed by atoms with E-state index in [4.69, 9.17) is 4.74 Å². The molecule has 2 aromatic rings. The molecule has 24 heavy (non-hydrogen) atoms. The predicted octanol–water partition coefficient (Wildman–Crippen LogP) is 3.92. The van der Waals surface area contributed by atoms with Crippen LogP contribution >= 0.6 is 23.1 Å². The first kappa shape index (κ1) is 17.5. The molecule has 1 atom stereocenters. The average Bonchev–Trinajstić information content (AvgIpc) is 2.81. The quantitative estimate of drug-likeness (QED) is 0.834. The second-order valence-corrected chi connectivity index (χ2v) is 9.03. The minimum atomic E-state index is -0.593. The summed E-state index contributed by atoms with van der Waals surface area (Å²) in [5.74, 6) is 0.0291. The molecule has 0 bridgehead atoms. The number of ether oxygens (including phenoxy) is 1. The number of carbonyl (C=O) groups excluding carboxylic acids is 1. The summed E-state index contributed by atoms with van der Waals surface area (Å²) in [6.07, 6.45) is 2.87. The van der Waals surface area contributed by atoms with Crippen molar-refractivity contribution < 1.29 is 14.6 Å². The first-order valence-electron chi connectivity index (χ1n) is 7.87. The van der Waals surface area contributed by atoms with Gasteiger partial charge in [0.25, 0.3) is 0 Å². The van der Waals surface area contributed by atoms with Crippen LogP contribution in [0.1, 0.15) is 32.4 Å². The number of hydrogen-bond donors (Lipinski definition) is 1. The number of thioether (sulfide) groups is 1. The zero-order valence-electron chi connectivity index (χ0n) is 14.3. The molecular weight excluding hydrogens is 344 g/mol. The Morgan fingerprint density at radius 2 is 2.21 bits per heavy atom. The normalized spacial score (nSPS) is 17.0. The molecule has 1 N–H and O–H groups in total. The van der Waals surface area contributed by atoms with Gasteiger partial charge in [-0.1, -0.05) is 0 Å². The van der Waals surface area contributed by atoms with Crippen LogP contribution in [0.25, 0.3) is 10.2 Å². The number of nitrogens with zero attached hydrogens (tertiary/aromatic N) is 2. The molecule has 130 valence electrons. The van der Waals surface area contributed by atoms with Crippen molar-refractivity contribution in [3.05, 3.63) is 23.9 Å². The minimum Gasteiger partial charge on any atom is -0.444 e. The lowest BCUT2D eigenvalue weighted by atomic mass is 9.89. The van der Waals surface area contributed by atoms with Gasteiger partial charge in [0.1, 0.15) is 10.4 Å². The molecule has 1 aliphatic heterocycles. The number of carbonyl (C=O) groups is 1. The van der Waals surface area contributed by atoms with Gasteiger partial charge in [0.2, 0.25) is 0 Å². The third-order valence-electron chi connectivity index (χ3n) is 3.96. The molecule has 1 saturated heterocycles. The van der Waals surface area contributed by atoms with Gasteiger partial charge < -0.3 is 14.7 Å². The molecule has 1 aliphatic rings. The van der Waals surface area contributed by atoms with E-state index < -0.39 is 11.7 Å². The summed E-state index contributed by atoms with van der Waals surface area (Å²) in [4.78, 5) is 19.0. The van der Waals surface area contributed by atoms with Crippen LogP contribution < -0.4 is 0 Å². The largest absolute Gasteiger partial charge is 0.444 e. The fourth-order valence-corrected chi connectivity index (χ4v) is 4.72. The van der Waals surface area contributed by atoms with Gasteiger partial charge in [-0.05, 0) is 39.2 Å². The molecule has 1 unspecified atom stereocenters. The van der Waals surface area contributed by atoms with Gasteiger partial charge >= 0.3 is 6.09 Å². The molecule has 0 aromatic carbocycles. The number of aromatic nitrogens is 1. The van der Waals surface area contributed by atoms with Crippen molar-refractivity contribution in [1.29, 1.82) is 0 Å². The summed E-state index contributed by atoms with van der Waals surface area (Å²) in [6.45, 7) is 6.59. The summed E-state index contributed by atoms with van der Waals surface area (Å²) in [5, 5.41) is 11.9. The standard InChI is InChI=1S/C17H22N2O3S2/c1-17(2,3)22-16(21)19-8-10(9-19)13(20)12-11-6-5-7-18-14(11)24-15(12)23-4/h5-7,10,13,20H,8-9H2,1-4H3. The van der Waals surface area contributed by atoms with Crippen LogP contribution in [0.15, 0.2) is 22.5 Å². The van der Waals surface area contributed by atoms with Crippen molar-refractivity contribution in [2.75, 3.05) is 19.3 Å². The molecule has 3 rings (SSSR count). The lowest BCUT2D eigenvalue weighted by Gasteiger charge is -2.42. The van der Waals surface area contributed by atoms with Crippen molar-refractivity contribution in [2.24, 2.45) is 5.92 Å². The molecular formula is C17H22N2O3S2. The Morgan fingerprint density at radius 3 is 2.83 bits per heavy atom. The molecule has 2 aromatic heterocycles. The maximum atomic E-state index is 12.0. The van der Waals surface area contributed by atoms with Crippen molar-refractivity contribution in [1.82, 2.24) is 9.88 Å². The summed E-state index contributed by atoms with van der Waals surface area (Å²) in [5.41, 5.74) is 0.451. The zero-order valence-corrected chi connectivity index (χ0v) is 15.9. The molecule has 7 heteroatoms. The van der Waals surface area contributed by atoms with E-state index in [-0.39, 0.29) is 12.0 Å². The third-order valence-corrected chi connectivity index (χ3v) is 6.22. The Labute approximate surface area is 150 Å². The van der Waals surface area contributed by atoms with Gasteiger partial charge in [0, 0.05) is 36.2 Å². The van der Waals surface area contributed by atoms with E-state index in [2.05, 4.69) is 4.98 Å². The maximum Gasteiger partial charge on any atom is 0.410 e. The van der Waals surface area contributed by atoms with Gasteiger partial charge in [-0.3, -0.25) is 0 Å². The number of aliphatic hydroxyl groups excluding tert-OH is 1. The van der Waals surface area contributed by atoms with Gasteiger partial charge in [-0.15, -0.1) is 23.1 Å². The van der Waals surface area contributed by atoms with Crippen molar-refractivity contribution >= 4 is 39.4 Å². The van der Waals surface area contributed by atoms with Gasteiger partial charge in [-0.25, -0.2) is 9.78 Å². The highest BCUT2D eigenvalue weighted by Gasteiger charge is 2.39. The number of amides is 1. The molecule has 0 radical (unpaired) electrons. The number of aliphatic hydroxyl groups is 1. The van der Waals surface area contributed by atoms with E-state index in [0.29, 0.717) is 13.1 Å². The molecule has 0 saturated carbocycles. The molecule has 0 aliphatic carbocycles. The van der Waals surface area contributed by atoms with Crippen LogP contribution in [0.3, 0.4) is 0 Å². The molecule has 0 spiro atoms. The van der Waals surface area contributed by atoms with E-state index in [0.717, 1.165) is 20.0 Å². The summed E-state index contributed by atoms with van der Waals surface area (Å²) >= 11 is 3.24. The smallest absolute Gasteiger partial charge is 0.410 e. The summed E-state index contributed by atoms with van der Waals surface area (Å²) in [6, 6.07) is 3.89. The first-order chi connectivity index (χ1) is 11.3. The minimum absolute atomic E-state index is 0.0291. The topological polar surface area (TPSA) is 62.7 Å². The molecule has 1 amide bonds. The van der Waals surface area contributed by atoms with Crippen LogP contribution in [0.4, 0.5) is 4.79 Å². The Morgan fingerprint density at radius 1 is 1.50 bits per heavy atom. The summed E-state index contributed by atoms with van der Waals surface area (Å²) < 4.78 is 6.46. The van der Waals surface area contributed by atoms with E-state index in [1.54, 1.807) is 34.2 Å². The fraction of sp³-hybridized carbons (Fsp3) is 0.529. The van der Waals surface area contributed by atoms with Gasteiger partial charge in [0.15, 0.2) is 0 Å². The van der Waals surface area contributed by atoms with E-state index in [9.17, 15) is 9.90 Å². The van der Waals surface area contributed by atoms with Crippen LogP contribution in [-0.4, -0.2) is 46.0 Å². The highest BCUT2D eigenvalue weighted by atomic mass is 32.2. The Bertz CT molecular complexity index is 748. The number of pyridine rings is 1. The van der Waals surface area contributed by atoms with Crippen molar-refractivity contribution in [2.45, 2.75) is 36.7 Å². The Kier molecular flexibility index (Phi) is 4.77. The molecule has 5 nitrogen and oxygen atoms in total. The first-order valence-corrected chi connectivity index (χ1v) is 9.91. The van der Waals surface area contributed by atoms with Gasteiger partial charge in [-0.2, -0.15) is 0 Å². The fourth-order valence-electron chi connectivity index (χ4n) is 2.79. The number of likely N-dealkylation sites (tertiary alicyclic amines) is 1. The number of hydrogen-bond acceptors (Lipinski definition) is 6. The highest BCUT2D eigenvalue weighted by Crippen LogP contribution is 2.43. The van der Waals surface area contributed by atoms with Gasteiger partial charge in [0.05, 0.1) is 10.3 Å². The van der Waals surface area contributed by atoms with Crippen molar-refractivity contribution in [3.8, 4) is 0 Å². The van der Waals surface area contributed by atoms with Crippen LogP contribution in [-0.2, 0) is 4.74 Å². The second kappa shape index (κ2) is 6.54. The lowest BCUT2D eigenvalue weighted by molar-refractivity contribution is -0.0315. The lowest BCUT2D eigenvalue weighted by Crippen LogP contribution is -2.53. The van der Waals surface area contributed by atoms with Crippen LogP contribution in [0, 0.1) is 5.92 Å². The number of thiophene rings is 1. The monoisotopic (exact) mass is 366 g/mol. The van der Waals surface area contributed by atoms with E-state index >= 15 is 0 Å². The Hall–Kier alpha value is -1.31.